The van der Waals surface area contributed by atoms with Gasteiger partial charge in [-0.15, -0.1) is 0 Å². The topological polar surface area (TPSA) is 46.6 Å². The molecule has 3 heterocycles. The Labute approximate surface area is 137 Å². The molecule has 1 aliphatic heterocycles. The molecule has 22 heavy (non-hydrogen) atoms. The number of aromatic nitrogens is 2. The lowest BCUT2D eigenvalue weighted by atomic mass is 10.2. The van der Waals surface area contributed by atoms with Gasteiger partial charge in [0, 0.05) is 22.3 Å². The van der Waals surface area contributed by atoms with E-state index >= 15 is 0 Å². The van der Waals surface area contributed by atoms with Crippen LogP contribution in [0, 0.1) is 0 Å². The summed E-state index contributed by atoms with van der Waals surface area (Å²) < 4.78 is 2.06. The highest BCUT2D eigenvalue weighted by atomic mass is 35.5. The molecule has 2 N–H and O–H groups in total. The molecule has 1 aliphatic rings. The number of hydrogen-bond donors (Lipinski definition) is 1. The first-order valence-corrected chi connectivity index (χ1v) is 8.14. The molecule has 1 aromatic carbocycles. The number of benzene rings is 1. The summed E-state index contributed by atoms with van der Waals surface area (Å²) in [5, 5.41) is 2.79. The minimum Gasteiger partial charge on any atom is -0.314 e. The van der Waals surface area contributed by atoms with E-state index in [9.17, 15) is 0 Å². The fourth-order valence-corrected chi connectivity index (χ4v) is 3.57. The van der Waals surface area contributed by atoms with E-state index in [0.717, 1.165) is 22.7 Å². The summed E-state index contributed by atoms with van der Waals surface area (Å²) in [6.45, 7) is 0. The fraction of sp³-hybridized carbons (Fsp3) is 0.0625. The van der Waals surface area contributed by atoms with E-state index in [-0.39, 0.29) is 5.50 Å². The summed E-state index contributed by atoms with van der Waals surface area (Å²) in [6, 6.07) is 13.7. The van der Waals surface area contributed by atoms with Crippen LogP contribution in [0.2, 0.25) is 5.02 Å². The van der Waals surface area contributed by atoms with Crippen molar-refractivity contribution >= 4 is 40.4 Å². The largest absolute Gasteiger partial charge is 0.314 e. The average Bonchev–Trinajstić information content (AvgIpc) is 3.12. The first-order chi connectivity index (χ1) is 10.7. The van der Waals surface area contributed by atoms with Crippen LogP contribution < -0.4 is 10.6 Å². The van der Waals surface area contributed by atoms with Crippen LogP contribution in [-0.4, -0.2) is 14.9 Å². The highest BCUT2D eigenvalue weighted by Gasteiger charge is 2.28. The molecule has 1 atom stereocenters. The molecule has 0 bridgehead atoms. The molecule has 6 heteroatoms. The van der Waals surface area contributed by atoms with Crippen LogP contribution in [-0.2, 0) is 0 Å². The summed E-state index contributed by atoms with van der Waals surface area (Å²) >= 11 is 7.57. The third kappa shape index (κ3) is 2.18. The molecular weight excluding hydrogens is 316 g/mol. The highest BCUT2D eigenvalue weighted by molar-refractivity contribution is 8.03. The fourth-order valence-electron chi connectivity index (χ4n) is 2.58. The Morgan fingerprint density at radius 1 is 1.14 bits per heavy atom. The van der Waals surface area contributed by atoms with Crippen LogP contribution in [0.5, 0.6) is 0 Å². The molecule has 0 aliphatic carbocycles. The number of nitrogens with two attached hydrogens (primary N) is 1. The minimum atomic E-state index is -0.162. The van der Waals surface area contributed by atoms with Gasteiger partial charge in [0.15, 0.2) is 0 Å². The number of pyridine rings is 1. The zero-order chi connectivity index (χ0) is 15.1. The second kappa shape index (κ2) is 5.35. The maximum Gasteiger partial charge on any atom is 0.137 e. The van der Waals surface area contributed by atoms with Crippen molar-refractivity contribution in [2.24, 2.45) is 5.73 Å². The Kier molecular flexibility index (Phi) is 3.33. The molecule has 4 nitrogen and oxygen atoms in total. The molecule has 0 fully saturated rings. The van der Waals surface area contributed by atoms with E-state index in [2.05, 4.69) is 19.7 Å². The van der Waals surface area contributed by atoms with E-state index in [1.54, 1.807) is 11.8 Å². The molecule has 4 rings (SSSR count). The molecule has 0 saturated heterocycles. The summed E-state index contributed by atoms with van der Waals surface area (Å²) in [7, 11) is 0. The summed E-state index contributed by atoms with van der Waals surface area (Å²) in [4.78, 5) is 6.55. The zero-order valence-corrected chi connectivity index (χ0v) is 13.1. The van der Waals surface area contributed by atoms with E-state index < -0.39 is 0 Å². The van der Waals surface area contributed by atoms with Crippen LogP contribution >= 0.6 is 23.4 Å². The lowest BCUT2D eigenvalue weighted by Crippen LogP contribution is -2.34. The molecule has 1 unspecified atom stereocenters. The van der Waals surface area contributed by atoms with Gasteiger partial charge in [-0.3, -0.25) is 4.40 Å². The van der Waals surface area contributed by atoms with Gasteiger partial charge >= 0.3 is 0 Å². The third-order valence-electron chi connectivity index (χ3n) is 3.62. The number of fused-ring (bicyclic) bond motifs is 1. The number of rotatable bonds is 2. The molecule has 2 aromatic heterocycles. The maximum atomic E-state index is 6.26. The molecule has 0 amide bonds. The first kappa shape index (κ1) is 13.7. The van der Waals surface area contributed by atoms with E-state index in [1.807, 2.05) is 54.9 Å². The Balaban J connectivity index is 1.81. The Hall–Kier alpha value is -1.95. The van der Waals surface area contributed by atoms with E-state index in [1.165, 1.54) is 0 Å². The van der Waals surface area contributed by atoms with Gasteiger partial charge in [0.25, 0.3) is 0 Å². The number of thioether (sulfide) groups is 1. The Morgan fingerprint density at radius 2 is 1.95 bits per heavy atom. The molecule has 0 radical (unpaired) electrons. The number of imidazole rings is 1. The lowest BCUT2D eigenvalue weighted by Gasteiger charge is -2.26. The molecular formula is C16H13ClN4S. The predicted octanol–water partition coefficient (Wildman–Crippen LogP) is 3.78. The SMILES string of the molecule is NC1SC=C(c2cnc3ccccn23)N1c1ccc(Cl)cc1. The molecule has 0 spiro atoms. The van der Waals surface area contributed by atoms with E-state index in [0.29, 0.717) is 5.02 Å². The van der Waals surface area contributed by atoms with Gasteiger partial charge in [-0.05, 0) is 36.4 Å². The first-order valence-electron chi connectivity index (χ1n) is 6.82. The van der Waals surface area contributed by atoms with Gasteiger partial charge in [-0.1, -0.05) is 29.4 Å². The molecule has 110 valence electrons. The third-order valence-corrected chi connectivity index (χ3v) is 4.72. The second-order valence-corrected chi connectivity index (χ2v) is 6.38. The number of hydrogen-bond acceptors (Lipinski definition) is 4. The summed E-state index contributed by atoms with van der Waals surface area (Å²) in [5.41, 5.74) is 10.1. The average molecular weight is 329 g/mol. The minimum absolute atomic E-state index is 0.162. The number of anilines is 1. The lowest BCUT2D eigenvalue weighted by molar-refractivity contribution is 0.930. The normalized spacial score (nSPS) is 18.0. The van der Waals surface area contributed by atoms with Gasteiger partial charge in [0.2, 0.25) is 0 Å². The standard InChI is InChI=1S/C16H13ClN4S/c17-11-4-6-12(7-5-11)21-14(10-22-16(21)18)13-9-19-15-3-1-2-8-20(13)15/h1-10,16H,18H2. The summed E-state index contributed by atoms with van der Waals surface area (Å²) in [6.07, 6.45) is 3.88. The second-order valence-electron chi connectivity index (χ2n) is 4.95. The molecule has 0 saturated carbocycles. The van der Waals surface area contributed by atoms with Crippen LogP contribution in [0.15, 0.2) is 60.3 Å². The van der Waals surface area contributed by atoms with Crippen LogP contribution in [0.4, 0.5) is 5.69 Å². The van der Waals surface area contributed by atoms with Crippen molar-refractivity contribution < 1.29 is 0 Å². The van der Waals surface area contributed by atoms with Gasteiger partial charge < -0.3 is 10.6 Å². The maximum absolute atomic E-state index is 6.26. The van der Waals surface area contributed by atoms with Crippen molar-refractivity contribution in [3.8, 4) is 0 Å². The van der Waals surface area contributed by atoms with Crippen molar-refractivity contribution in [1.29, 1.82) is 0 Å². The van der Waals surface area contributed by atoms with Crippen LogP contribution in [0.25, 0.3) is 11.3 Å². The van der Waals surface area contributed by atoms with Crippen LogP contribution in [0.3, 0.4) is 0 Å². The smallest absolute Gasteiger partial charge is 0.137 e. The summed E-state index contributed by atoms with van der Waals surface area (Å²) in [5.74, 6) is 0. The van der Waals surface area contributed by atoms with Crippen molar-refractivity contribution in [1.82, 2.24) is 9.38 Å². The highest BCUT2D eigenvalue weighted by Crippen LogP contribution is 2.38. The number of halogens is 1. The van der Waals surface area contributed by atoms with Crippen molar-refractivity contribution in [3.05, 3.63) is 71.0 Å². The molecule has 3 aromatic rings. The van der Waals surface area contributed by atoms with Crippen LogP contribution in [0.1, 0.15) is 5.69 Å². The number of nitrogens with zero attached hydrogens (tertiary/aromatic N) is 3. The Bertz CT molecular complexity index is 856. The zero-order valence-electron chi connectivity index (χ0n) is 11.6. The van der Waals surface area contributed by atoms with Crippen molar-refractivity contribution in [2.75, 3.05) is 4.90 Å². The predicted molar refractivity (Wildman–Crippen MR) is 92.7 cm³/mol. The van der Waals surface area contributed by atoms with Crippen molar-refractivity contribution in [3.63, 3.8) is 0 Å². The van der Waals surface area contributed by atoms with E-state index in [4.69, 9.17) is 17.3 Å². The van der Waals surface area contributed by atoms with Crippen molar-refractivity contribution in [2.45, 2.75) is 5.50 Å². The van der Waals surface area contributed by atoms with Gasteiger partial charge in [-0.25, -0.2) is 4.98 Å². The quantitative estimate of drug-likeness (QED) is 0.777. The Morgan fingerprint density at radius 3 is 2.77 bits per heavy atom. The van der Waals surface area contributed by atoms with Gasteiger partial charge in [0.1, 0.15) is 11.1 Å². The van der Waals surface area contributed by atoms with Gasteiger partial charge in [0.05, 0.1) is 17.6 Å². The van der Waals surface area contributed by atoms with Gasteiger partial charge in [-0.2, -0.15) is 0 Å². The monoisotopic (exact) mass is 328 g/mol.